The fraction of sp³-hybridized carbons (Fsp3) is 0.436. The van der Waals surface area contributed by atoms with E-state index in [9.17, 15) is 5.11 Å². The first-order chi connectivity index (χ1) is 22.0. The van der Waals surface area contributed by atoms with Gasteiger partial charge in [0.2, 0.25) is 0 Å². The summed E-state index contributed by atoms with van der Waals surface area (Å²) in [7, 11) is 1.67. The molecule has 0 spiro atoms. The number of unbranched alkanes of at least 4 members (excludes halogenated alkanes) is 1. The van der Waals surface area contributed by atoms with Crippen molar-refractivity contribution >= 4 is 27.9 Å². The lowest BCUT2D eigenvalue weighted by Crippen LogP contribution is -2.54. The molecule has 6 atom stereocenters. The number of hydrogen-bond acceptors (Lipinski definition) is 6. The Labute approximate surface area is 267 Å². The van der Waals surface area contributed by atoms with Crippen molar-refractivity contribution in [3.05, 3.63) is 95.8 Å². The van der Waals surface area contributed by atoms with Crippen LogP contribution in [-0.2, 0) is 17.8 Å². The number of nitrogens with zero attached hydrogens (tertiary/aromatic N) is 3. The summed E-state index contributed by atoms with van der Waals surface area (Å²) < 4.78 is 12.4. The zero-order chi connectivity index (χ0) is 31.5. The number of fused-ring (bicyclic) bond motifs is 5. The van der Waals surface area contributed by atoms with Gasteiger partial charge in [0.1, 0.15) is 5.75 Å². The summed E-state index contributed by atoms with van der Waals surface area (Å²) in [6, 6.07) is 16.6. The highest BCUT2D eigenvalue weighted by atomic mass is 16.5. The van der Waals surface area contributed by atoms with Crippen molar-refractivity contribution in [2.24, 2.45) is 11.8 Å². The molecule has 7 rings (SSSR count). The van der Waals surface area contributed by atoms with E-state index in [4.69, 9.17) is 19.4 Å². The SMILES string of the molecule is C=Cc1c(OC)ccc2nc(CO[C@@H](CC)c3cc(CCCC)nc4ccccc34)cc([C@@H](O)[C@@H]3CC4CCN3C[C@@H]4C=C)c12. The van der Waals surface area contributed by atoms with Crippen molar-refractivity contribution in [2.75, 3.05) is 20.2 Å². The van der Waals surface area contributed by atoms with Crippen LogP contribution in [0.2, 0.25) is 0 Å². The Morgan fingerprint density at radius 3 is 2.56 bits per heavy atom. The van der Waals surface area contributed by atoms with Crippen molar-refractivity contribution in [2.45, 2.75) is 77.2 Å². The molecule has 3 aliphatic rings. The van der Waals surface area contributed by atoms with Crippen LogP contribution in [0.25, 0.3) is 27.9 Å². The Balaban J connectivity index is 1.36. The summed E-state index contributed by atoms with van der Waals surface area (Å²) in [5.41, 5.74) is 6.64. The number of ether oxygens (including phenoxy) is 2. The first-order valence-electron chi connectivity index (χ1n) is 16.7. The molecule has 0 radical (unpaired) electrons. The van der Waals surface area contributed by atoms with Gasteiger partial charge in [0.05, 0.1) is 42.7 Å². The third-order valence-electron chi connectivity index (χ3n) is 10.1. The zero-order valence-electron chi connectivity index (χ0n) is 27.0. The van der Waals surface area contributed by atoms with Gasteiger partial charge in [-0.3, -0.25) is 14.9 Å². The third-order valence-corrected chi connectivity index (χ3v) is 10.1. The van der Waals surface area contributed by atoms with Crippen LogP contribution in [-0.4, -0.2) is 46.2 Å². The van der Waals surface area contributed by atoms with Gasteiger partial charge < -0.3 is 14.6 Å². The van der Waals surface area contributed by atoms with Crippen LogP contribution in [0.1, 0.15) is 86.2 Å². The summed E-state index contributed by atoms with van der Waals surface area (Å²) >= 11 is 0. The number of rotatable bonds is 13. The standard InChI is InChI=1S/C39H47N3O3/c1-6-10-13-27-21-31(30-14-11-12-15-33(30)40-27)36(9-4)45-24-28-22-32(38-29(8-3)37(44-5)17-16-34(38)41-28)39(43)35-20-26-18-19-42(35)23-25(26)7-2/h7-8,11-12,14-17,21-22,25-26,35-36,39,43H,2-3,6,9-10,13,18-20,23-24H2,1,4-5H3/t25-,26?,35-,36-,39+/m0/s1. The summed E-state index contributed by atoms with van der Waals surface area (Å²) in [5.74, 6) is 1.77. The molecule has 2 aromatic carbocycles. The average molecular weight is 606 g/mol. The topological polar surface area (TPSA) is 67.7 Å². The quantitative estimate of drug-likeness (QED) is 0.154. The van der Waals surface area contributed by atoms with Crippen molar-refractivity contribution < 1.29 is 14.6 Å². The fourth-order valence-corrected chi connectivity index (χ4v) is 7.65. The minimum atomic E-state index is -0.680. The van der Waals surface area contributed by atoms with Crippen LogP contribution in [0.4, 0.5) is 0 Å². The van der Waals surface area contributed by atoms with E-state index in [1.165, 1.54) is 5.56 Å². The van der Waals surface area contributed by atoms with E-state index in [0.29, 0.717) is 18.4 Å². The second kappa shape index (κ2) is 13.8. The molecule has 3 fully saturated rings. The average Bonchev–Trinajstić information content (AvgIpc) is 3.09. The highest BCUT2D eigenvalue weighted by Crippen LogP contribution is 2.43. The highest BCUT2D eigenvalue weighted by Gasteiger charge is 2.42. The molecule has 2 aromatic heterocycles. The first kappa shape index (κ1) is 31.4. The zero-order valence-corrected chi connectivity index (χ0v) is 27.0. The molecule has 0 aliphatic carbocycles. The minimum Gasteiger partial charge on any atom is -0.496 e. The lowest BCUT2D eigenvalue weighted by molar-refractivity contribution is -0.0445. The van der Waals surface area contributed by atoms with Crippen molar-refractivity contribution in [1.82, 2.24) is 14.9 Å². The molecule has 3 saturated heterocycles. The van der Waals surface area contributed by atoms with Gasteiger partial charge in [-0.1, -0.05) is 57.2 Å². The second-order valence-corrected chi connectivity index (χ2v) is 12.7. The maximum atomic E-state index is 12.1. The Kier molecular flexibility index (Phi) is 9.64. The lowest BCUT2D eigenvalue weighted by atomic mass is 9.73. The number of aromatic nitrogens is 2. The van der Waals surface area contributed by atoms with Crippen LogP contribution in [0.3, 0.4) is 0 Å². The normalized spacial score (nSPS) is 22.4. The third kappa shape index (κ3) is 6.16. The number of benzene rings is 2. The van der Waals surface area contributed by atoms with E-state index in [1.807, 2.05) is 18.2 Å². The molecule has 4 aromatic rings. The second-order valence-electron chi connectivity index (χ2n) is 12.7. The Hall–Kier alpha value is -3.58. The molecule has 0 amide bonds. The number of pyridine rings is 2. The van der Waals surface area contributed by atoms with Gasteiger partial charge in [0.15, 0.2) is 0 Å². The van der Waals surface area contributed by atoms with E-state index in [1.54, 1.807) is 7.11 Å². The van der Waals surface area contributed by atoms with Gasteiger partial charge in [-0.05, 0) is 91.9 Å². The number of aryl methyl sites for hydroxylation is 1. The van der Waals surface area contributed by atoms with Crippen LogP contribution in [0, 0.1) is 11.8 Å². The molecule has 5 heterocycles. The van der Waals surface area contributed by atoms with Crippen molar-refractivity contribution in [1.29, 1.82) is 0 Å². The van der Waals surface area contributed by atoms with Gasteiger partial charge in [-0.2, -0.15) is 0 Å². The number of methoxy groups -OCH3 is 1. The first-order valence-corrected chi connectivity index (χ1v) is 16.7. The number of piperidine rings is 3. The Morgan fingerprint density at radius 2 is 1.84 bits per heavy atom. The number of hydrogen-bond donors (Lipinski definition) is 1. The molecule has 3 aliphatic heterocycles. The smallest absolute Gasteiger partial charge is 0.126 e. The molecule has 2 bridgehead atoms. The minimum absolute atomic E-state index is 0.0382. The molecular formula is C39H47N3O3. The summed E-state index contributed by atoms with van der Waals surface area (Å²) in [4.78, 5) is 12.5. The maximum absolute atomic E-state index is 12.1. The predicted molar refractivity (Wildman–Crippen MR) is 183 cm³/mol. The van der Waals surface area contributed by atoms with E-state index < -0.39 is 6.10 Å². The predicted octanol–water partition coefficient (Wildman–Crippen LogP) is 8.37. The van der Waals surface area contributed by atoms with Gasteiger partial charge in [-0.25, -0.2) is 0 Å². The molecule has 2 unspecified atom stereocenters. The van der Waals surface area contributed by atoms with E-state index in [-0.39, 0.29) is 12.1 Å². The maximum Gasteiger partial charge on any atom is 0.126 e. The van der Waals surface area contributed by atoms with Crippen LogP contribution < -0.4 is 4.74 Å². The van der Waals surface area contributed by atoms with E-state index in [2.05, 4.69) is 74.4 Å². The van der Waals surface area contributed by atoms with E-state index in [0.717, 1.165) is 102 Å². The number of aliphatic hydroxyl groups excluding tert-OH is 1. The lowest BCUT2D eigenvalue weighted by Gasteiger charge is -2.50. The molecule has 6 nitrogen and oxygen atoms in total. The van der Waals surface area contributed by atoms with Gasteiger partial charge >= 0.3 is 0 Å². The van der Waals surface area contributed by atoms with Gasteiger partial charge in [0, 0.05) is 34.6 Å². The number of para-hydroxylation sites is 1. The van der Waals surface area contributed by atoms with Crippen LogP contribution in [0.5, 0.6) is 5.75 Å². The van der Waals surface area contributed by atoms with Gasteiger partial charge in [-0.15, -0.1) is 6.58 Å². The summed E-state index contributed by atoms with van der Waals surface area (Å²) in [6.45, 7) is 14.8. The molecule has 45 heavy (non-hydrogen) atoms. The summed E-state index contributed by atoms with van der Waals surface area (Å²) in [6.07, 6.45) is 9.25. The molecular weight excluding hydrogens is 558 g/mol. The van der Waals surface area contributed by atoms with Crippen molar-refractivity contribution in [3.63, 3.8) is 0 Å². The van der Waals surface area contributed by atoms with E-state index >= 15 is 0 Å². The monoisotopic (exact) mass is 605 g/mol. The highest BCUT2D eigenvalue weighted by molar-refractivity contribution is 5.93. The van der Waals surface area contributed by atoms with Crippen LogP contribution >= 0.6 is 0 Å². The molecule has 1 N–H and O–H groups in total. The van der Waals surface area contributed by atoms with Crippen molar-refractivity contribution in [3.8, 4) is 5.75 Å². The largest absolute Gasteiger partial charge is 0.496 e. The molecule has 236 valence electrons. The van der Waals surface area contributed by atoms with Gasteiger partial charge in [0.25, 0.3) is 0 Å². The van der Waals surface area contributed by atoms with Crippen LogP contribution in [0.15, 0.2) is 67.8 Å². The Bertz CT molecular complexity index is 1680. The Morgan fingerprint density at radius 1 is 1.04 bits per heavy atom. The summed E-state index contributed by atoms with van der Waals surface area (Å²) in [5, 5.41) is 14.2. The molecule has 0 saturated carbocycles. The fourth-order valence-electron chi connectivity index (χ4n) is 7.65. The molecule has 6 heteroatoms. The number of aliphatic hydroxyl groups is 1.